The number of aliphatic hydroxyl groups excluding tert-OH is 1. The van der Waals surface area contributed by atoms with E-state index in [4.69, 9.17) is 9.47 Å². The highest BCUT2D eigenvalue weighted by atomic mass is 19.1. The fraction of sp³-hybridized carbons (Fsp3) is 0.400. The Balaban J connectivity index is 1.61. The van der Waals surface area contributed by atoms with E-state index in [1.54, 1.807) is 19.2 Å². The van der Waals surface area contributed by atoms with Crippen molar-refractivity contribution >= 4 is 0 Å². The number of methoxy groups -OCH3 is 1. The van der Waals surface area contributed by atoms with Gasteiger partial charge in [-0.1, -0.05) is 18.2 Å². The largest absolute Gasteiger partial charge is 0.493 e. The molecule has 0 amide bonds. The number of likely N-dealkylation sites (tertiary alicyclic amines) is 1. The zero-order chi connectivity index (χ0) is 17.6. The SMILES string of the molecule is COc1cc(CN2CCC(O)CC2)ccc1OCc1ccc(F)cc1. The normalized spacial score (nSPS) is 16.0. The Kier molecular flexibility index (Phi) is 5.89. The predicted molar refractivity (Wildman–Crippen MR) is 94.2 cm³/mol. The number of aliphatic hydroxyl groups is 1. The van der Waals surface area contributed by atoms with Crippen LogP contribution in [0.3, 0.4) is 0 Å². The minimum atomic E-state index is -0.254. The van der Waals surface area contributed by atoms with Crippen LogP contribution in [0.25, 0.3) is 0 Å². The van der Waals surface area contributed by atoms with Crippen molar-refractivity contribution < 1.29 is 19.0 Å². The molecule has 0 atom stereocenters. The van der Waals surface area contributed by atoms with E-state index < -0.39 is 0 Å². The summed E-state index contributed by atoms with van der Waals surface area (Å²) in [5.41, 5.74) is 2.06. The molecule has 4 nitrogen and oxygen atoms in total. The molecule has 1 aliphatic heterocycles. The van der Waals surface area contributed by atoms with Gasteiger partial charge >= 0.3 is 0 Å². The summed E-state index contributed by atoms with van der Waals surface area (Å²) in [6.45, 7) is 3.01. The molecule has 0 radical (unpaired) electrons. The summed E-state index contributed by atoms with van der Waals surface area (Å²) in [5, 5.41) is 9.60. The molecular weight excluding hydrogens is 321 g/mol. The first kappa shape index (κ1) is 17.7. The lowest BCUT2D eigenvalue weighted by Crippen LogP contribution is -2.35. The summed E-state index contributed by atoms with van der Waals surface area (Å²) in [5.74, 6) is 1.11. The highest BCUT2D eigenvalue weighted by Crippen LogP contribution is 2.29. The summed E-state index contributed by atoms with van der Waals surface area (Å²) in [6.07, 6.45) is 1.50. The number of nitrogens with zero attached hydrogens (tertiary/aromatic N) is 1. The van der Waals surface area contributed by atoms with Gasteiger partial charge in [0.05, 0.1) is 13.2 Å². The van der Waals surface area contributed by atoms with Crippen molar-refractivity contribution in [1.82, 2.24) is 4.90 Å². The maximum atomic E-state index is 12.9. The van der Waals surface area contributed by atoms with E-state index in [1.165, 1.54) is 12.1 Å². The van der Waals surface area contributed by atoms with Crippen molar-refractivity contribution in [3.8, 4) is 11.5 Å². The van der Waals surface area contributed by atoms with Crippen molar-refractivity contribution in [2.24, 2.45) is 0 Å². The molecule has 0 aromatic heterocycles. The van der Waals surface area contributed by atoms with Crippen molar-refractivity contribution in [3.63, 3.8) is 0 Å². The molecule has 134 valence electrons. The van der Waals surface area contributed by atoms with Crippen molar-refractivity contribution in [2.75, 3.05) is 20.2 Å². The third-order valence-corrected chi connectivity index (χ3v) is 4.50. The molecule has 1 heterocycles. The Morgan fingerprint density at radius 2 is 1.72 bits per heavy atom. The highest BCUT2D eigenvalue weighted by molar-refractivity contribution is 5.43. The number of piperidine rings is 1. The van der Waals surface area contributed by atoms with Gasteiger partial charge in [0.1, 0.15) is 12.4 Å². The van der Waals surface area contributed by atoms with Crippen LogP contribution in [0.1, 0.15) is 24.0 Å². The Bertz CT molecular complexity index is 682. The van der Waals surface area contributed by atoms with Gasteiger partial charge in [-0.25, -0.2) is 4.39 Å². The number of hydrogen-bond acceptors (Lipinski definition) is 4. The monoisotopic (exact) mass is 345 g/mol. The van der Waals surface area contributed by atoms with Crippen LogP contribution < -0.4 is 9.47 Å². The van der Waals surface area contributed by atoms with Crippen LogP contribution in [0.2, 0.25) is 0 Å². The van der Waals surface area contributed by atoms with E-state index in [2.05, 4.69) is 4.90 Å². The minimum Gasteiger partial charge on any atom is -0.493 e. The van der Waals surface area contributed by atoms with E-state index in [1.807, 2.05) is 18.2 Å². The maximum Gasteiger partial charge on any atom is 0.161 e. The van der Waals surface area contributed by atoms with E-state index in [0.29, 0.717) is 18.1 Å². The van der Waals surface area contributed by atoms with Gasteiger partial charge in [-0.3, -0.25) is 4.90 Å². The zero-order valence-corrected chi connectivity index (χ0v) is 14.5. The Hall–Kier alpha value is -2.11. The van der Waals surface area contributed by atoms with Crippen LogP contribution >= 0.6 is 0 Å². The Morgan fingerprint density at radius 1 is 1.04 bits per heavy atom. The second kappa shape index (κ2) is 8.32. The molecule has 1 saturated heterocycles. The first-order valence-corrected chi connectivity index (χ1v) is 8.58. The van der Waals surface area contributed by atoms with Gasteiger partial charge in [-0.05, 0) is 48.2 Å². The van der Waals surface area contributed by atoms with Crippen LogP contribution in [-0.2, 0) is 13.2 Å². The molecule has 0 bridgehead atoms. The van der Waals surface area contributed by atoms with Crippen molar-refractivity contribution in [2.45, 2.75) is 32.1 Å². The summed E-state index contributed by atoms with van der Waals surface area (Å²) in [7, 11) is 1.63. The van der Waals surface area contributed by atoms with E-state index >= 15 is 0 Å². The molecule has 2 aromatic carbocycles. The molecule has 5 heteroatoms. The number of ether oxygens (including phenoxy) is 2. The third kappa shape index (κ3) is 4.94. The van der Waals surface area contributed by atoms with Gasteiger partial charge in [0.2, 0.25) is 0 Å². The van der Waals surface area contributed by atoms with Gasteiger partial charge in [0.25, 0.3) is 0 Å². The lowest BCUT2D eigenvalue weighted by Gasteiger charge is -2.29. The predicted octanol–water partition coefficient (Wildman–Crippen LogP) is 3.37. The average Bonchev–Trinajstić information content (AvgIpc) is 2.64. The highest BCUT2D eigenvalue weighted by Gasteiger charge is 2.17. The third-order valence-electron chi connectivity index (χ3n) is 4.50. The molecule has 1 fully saturated rings. The molecule has 0 aliphatic carbocycles. The molecular formula is C20H24FNO3. The van der Waals surface area contributed by atoms with Crippen molar-refractivity contribution in [3.05, 3.63) is 59.4 Å². The Labute approximate surface area is 147 Å². The maximum absolute atomic E-state index is 12.9. The van der Waals surface area contributed by atoms with Crippen LogP contribution in [0.5, 0.6) is 11.5 Å². The van der Waals surface area contributed by atoms with E-state index in [9.17, 15) is 9.50 Å². The van der Waals surface area contributed by atoms with Gasteiger partial charge in [-0.2, -0.15) is 0 Å². The van der Waals surface area contributed by atoms with Crippen molar-refractivity contribution in [1.29, 1.82) is 0 Å². The fourth-order valence-corrected chi connectivity index (χ4v) is 3.01. The summed E-state index contributed by atoms with van der Waals surface area (Å²) in [6, 6.07) is 12.2. The quantitative estimate of drug-likeness (QED) is 0.872. The smallest absolute Gasteiger partial charge is 0.161 e. The number of halogens is 1. The fourth-order valence-electron chi connectivity index (χ4n) is 3.01. The molecule has 1 N–H and O–H groups in total. The zero-order valence-electron chi connectivity index (χ0n) is 14.5. The first-order chi connectivity index (χ1) is 12.1. The lowest BCUT2D eigenvalue weighted by atomic mass is 10.1. The molecule has 25 heavy (non-hydrogen) atoms. The molecule has 0 spiro atoms. The van der Waals surface area contributed by atoms with Crippen LogP contribution in [0.15, 0.2) is 42.5 Å². The molecule has 2 aromatic rings. The average molecular weight is 345 g/mol. The molecule has 0 saturated carbocycles. The molecule has 0 unspecified atom stereocenters. The summed E-state index contributed by atoms with van der Waals surface area (Å²) < 4.78 is 24.2. The molecule has 3 rings (SSSR count). The second-order valence-corrected chi connectivity index (χ2v) is 6.41. The number of hydrogen-bond donors (Lipinski definition) is 1. The van der Waals surface area contributed by atoms with Gasteiger partial charge < -0.3 is 14.6 Å². The molecule has 1 aliphatic rings. The standard InChI is InChI=1S/C20H24FNO3/c1-24-20-12-16(13-22-10-8-18(23)9-11-22)4-7-19(20)25-14-15-2-5-17(21)6-3-15/h2-7,12,18,23H,8-11,13-14H2,1H3. The topological polar surface area (TPSA) is 41.9 Å². The van der Waals surface area contributed by atoms with Gasteiger partial charge in [0.15, 0.2) is 11.5 Å². The van der Waals surface area contributed by atoms with Crippen LogP contribution in [0, 0.1) is 5.82 Å². The van der Waals surface area contributed by atoms with E-state index in [-0.39, 0.29) is 11.9 Å². The van der Waals surface area contributed by atoms with E-state index in [0.717, 1.165) is 43.6 Å². The summed E-state index contributed by atoms with van der Waals surface area (Å²) >= 11 is 0. The van der Waals surface area contributed by atoms with Crippen LogP contribution in [0.4, 0.5) is 4.39 Å². The van der Waals surface area contributed by atoms with Gasteiger partial charge in [0, 0.05) is 19.6 Å². The van der Waals surface area contributed by atoms with Crippen LogP contribution in [-0.4, -0.2) is 36.3 Å². The van der Waals surface area contributed by atoms with Gasteiger partial charge in [-0.15, -0.1) is 0 Å². The second-order valence-electron chi connectivity index (χ2n) is 6.41. The lowest BCUT2D eigenvalue weighted by molar-refractivity contribution is 0.0792. The Morgan fingerprint density at radius 3 is 2.40 bits per heavy atom. The number of benzene rings is 2. The first-order valence-electron chi connectivity index (χ1n) is 8.58. The minimum absolute atomic E-state index is 0.159. The number of rotatable bonds is 6. The summed E-state index contributed by atoms with van der Waals surface area (Å²) in [4.78, 5) is 2.33.